The monoisotopic (exact) mass is 683 g/mol. The standard InChI is InChI=1S/C30H40BrCl2N3O4Si/c1-29(2,3)40-28(37)35-13-11-21(12-14-35)30(38,20-7-9-22(31)10-8-20)27-34-25-17-23(32)24(33)18-26(25)36(27)19-39-15-16-41(4,5)6/h7-10,17-18,21,38H,11-16,19H2,1-6H3. The lowest BCUT2D eigenvalue weighted by Gasteiger charge is -2.41. The first-order chi connectivity index (χ1) is 19.1. The number of hydrogen-bond acceptors (Lipinski definition) is 5. The first kappa shape index (κ1) is 32.3. The summed E-state index contributed by atoms with van der Waals surface area (Å²) in [7, 11) is -1.30. The largest absolute Gasteiger partial charge is 0.444 e. The van der Waals surface area contributed by atoms with Gasteiger partial charge in [-0.2, -0.15) is 0 Å². The number of fused-ring (bicyclic) bond motifs is 1. The highest BCUT2D eigenvalue weighted by Gasteiger charge is 2.46. The van der Waals surface area contributed by atoms with Crippen LogP contribution >= 0.6 is 39.1 Å². The molecule has 0 bridgehead atoms. The number of hydrogen-bond donors (Lipinski definition) is 1. The maximum atomic E-state index is 12.8. The topological polar surface area (TPSA) is 76.8 Å². The van der Waals surface area contributed by atoms with Crippen molar-refractivity contribution < 1.29 is 19.4 Å². The number of nitrogens with zero attached hydrogens (tertiary/aromatic N) is 3. The number of halogens is 3. The van der Waals surface area contributed by atoms with Crippen molar-refractivity contribution in [2.45, 2.75) is 77.2 Å². The molecular weight excluding hydrogens is 645 g/mol. The van der Waals surface area contributed by atoms with Gasteiger partial charge < -0.3 is 24.0 Å². The van der Waals surface area contributed by atoms with Crippen molar-refractivity contribution in [2.24, 2.45) is 5.92 Å². The average Bonchev–Trinajstić information content (AvgIpc) is 3.22. The van der Waals surface area contributed by atoms with Crippen LogP contribution in [0, 0.1) is 5.92 Å². The number of piperidine rings is 1. The van der Waals surface area contributed by atoms with Crippen LogP contribution in [0.5, 0.6) is 0 Å². The van der Waals surface area contributed by atoms with Crippen LogP contribution in [-0.2, 0) is 21.8 Å². The molecule has 1 aliphatic rings. The molecule has 0 spiro atoms. The van der Waals surface area contributed by atoms with Gasteiger partial charge in [-0.25, -0.2) is 9.78 Å². The van der Waals surface area contributed by atoms with Gasteiger partial charge >= 0.3 is 6.09 Å². The van der Waals surface area contributed by atoms with Gasteiger partial charge in [-0.15, -0.1) is 0 Å². The quantitative estimate of drug-likeness (QED) is 0.191. The third-order valence-electron chi connectivity index (χ3n) is 7.37. The molecule has 1 aromatic heterocycles. The summed E-state index contributed by atoms with van der Waals surface area (Å²) in [4.78, 5) is 19.5. The summed E-state index contributed by atoms with van der Waals surface area (Å²) in [5.74, 6) is 0.239. The first-order valence-electron chi connectivity index (χ1n) is 14.0. The molecule has 0 saturated carbocycles. The fourth-order valence-electron chi connectivity index (χ4n) is 5.13. The van der Waals surface area contributed by atoms with Crippen LogP contribution < -0.4 is 0 Å². The Bertz CT molecular complexity index is 1380. The summed E-state index contributed by atoms with van der Waals surface area (Å²) in [6.45, 7) is 14.3. The Morgan fingerprint density at radius 1 is 1.10 bits per heavy atom. The molecule has 1 fully saturated rings. The van der Waals surface area contributed by atoms with Crippen molar-refractivity contribution in [2.75, 3.05) is 19.7 Å². The number of amides is 1. The molecule has 11 heteroatoms. The van der Waals surface area contributed by atoms with Crippen LogP contribution in [0.3, 0.4) is 0 Å². The van der Waals surface area contributed by atoms with Gasteiger partial charge in [0.25, 0.3) is 0 Å². The van der Waals surface area contributed by atoms with Gasteiger partial charge in [0.05, 0.1) is 21.1 Å². The third kappa shape index (κ3) is 7.67. The van der Waals surface area contributed by atoms with Crippen LogP contribution in [0.4, 0.5) is 4.79 Å². The zero-order chi connectivity index (χ0) is 30.2. The van der Waals surface area contributed by atoms with E-state index in [9.17, 15) is 9.90 Å². The Labute approximate surface area is 262 Å². The second-order valence-corrected chi connectivity index (χ2v) is 20.3. The number of aromatic nitrogens is 2. The van der Waals surface area contributed by atoms with E-state index in [1.54, 1.807) is 17.0 Å². The summed E-state index contributed by atoms with van der Waals surface area (Å²) in [6, 6.07) is 12.2. The minimum absolute atomic E-state index is 0.212. The smallest absolute Gasteiger partial charge is 0.410 e. The lowest BCUT2D eigenvalue weighted by Crippen LogP contribution is -2.48. The van der Waals surface area contributed by atoms with Crippen molar-refractivity contribution in [3.05, 3.63) is 62.3 Å². The number of ether oxygens (including phenoxy) is 2. The molecule has 1 amide bonds. The van der Waals surface area contributed by atoms with Crippen molar-refractivity contribution in [1.29, 1.82) is 0 Å². The number of likely N-dealkylation sites (tertiary alicyclic amines) is 1. The molecule has 41 heavy (non-hydrogen) atoms. The van der Waals surface area contributed by atoms with Gasteiger partial charge in [0.2, 0.25) is 0 Å². The molecule has 1 saturated heterocycles. The van der Waals surface area contributed by atoms with Gasteiger partial charge in [0, 0.05) is 38.2 Å². The highest BCUT2D eigenvalue weighted by Crippen LogP contribution is 2.44. The van der Waals surface area contributed by atoms with E-state index in [-0.39, 0.29) is 18.7 Å². The van der Waals surface area contributed by atoms with Gasteiger partial charge in [0.1, 0.15) is 18.2 Å². The maximum Gasteiger partial charge on any atom is 0.410 e. The summed E-state index contributed by atoms with van der Waals surface area (Å²) in [5, 5.41) is 13.6. The molecule has 2 heterocycles. The SMILES string of the molecule is CC(C)(C)OC(=O)N1CCC(C(O)(c2ccc(Br)cc2)c2nc3cc(Cl)c(Cl)cc3n2COCC[Si](C)(C)C)CC1. The normalized spacial score (nSPS) is 16.7. The van der Waals surface area contributed by atoms with E-state index >= 15 is 0 Å². The lowest BCUT2D eigenvalue weighted by atomic mass is 9.75. The van der Waals surface area contributed by atoms with Crippen LogP contribution in [0.1, 0.15) is 45.0 Å². The van der Waals surface area contributed by atoms with Crippen molar-refractivity contribution in [3.8, 4) is 0 Å². The molecule has 0 aliphatic carbocycles. The molecule has 224 valence electrons. The van der Waals surface area contributed by atoms with Gasteiger partial charge in [0.15, 0.2) is 5.60 Å². The second kappa shape index (κ2) is 12.5. The lowest BCUT2D eigenvalue weighted by molar-refractivity contribution is -0.0343. The highest BCUT2D eigenvalue weighted by molar-refractivity contribution is 9.10. The summed E-state index contributed by atoms with van der Waals surface area (Å²) >= 11 is 16.4. The summed E-state index contributed by atoms with van der Waals surface area (Å²) in [6.07, 6.45) is 0.787. The Morgan fingerprint density at radius 3 is 2.29 bits per heavy atom. The summed E-state index contributed by atoms with van der Waals surface area (Å²) < 4.78 is 14.6. The summed E-state index contributed by atoms with van der Waals surface area (Å²) in [5.41, 5.74) is 0.0387. The van der Waals surface area contributed by atoms with Crippen LogP contribution in [-0.4, -0.2) is 59.0 Å². The van der Waals surface area contributed by atoms with E-state index in [1.165, 1.54) is 0 Å². The Morgan fingerprint density at radius 2 is 1.71 bits per heavy atom. The minimum atomic E-state index is -1.47. The number of carbonyl (C=O) groups is 1. The fraction of sp³-hybridized carbons (Fsp3) is 0.533. The molecule has 1 aliphatic heterocycles. The zero-order valence-electron chi connectivity index (χ0n) is 24.6. The van der Waals surface area contributed by atoms with Crippen molar-refractivity contribution in [3.63, 3.8) is 0 Å². The molecule has 2 aromatic carbocycles. The number of carbonyl (C=O) groups excluding carboxylic acids is 1. The van der Waals surface area contributed by atoms with Crippen molar-refractivity contribution in [1.82, 2.24) is 14.5 Å². The third-order valence-corrected chi connectivity index (χ3v) is 10.3. The van der Waals surface area contributed by atoms with Crippen LogP contribution in [0.15, 0.2) is 40.9 Å². The van der Waals surface area contributed by atoms with E-state index in [4.69, 9.17) is 37.7 Å². The highest BCUT2D eigenvalue weighted by atomic mass is 79.9. The molecular formula is C30H40BrCl2N3O4Si. The average molecular weight is 686 g/mol. The molecule has 1 atom stereocenters. The van der Waals surface area contributed by atoms with Gasteiger partial charge in [-0.05, 0) is 69.5 Å². The predicted molar refractivity (Wildman–Crippen MR) is 172 cm³/mol. The maximum absolute atomic E-state index is 12.8. The zero-order valence-corrected chi connectivity index (χ0v) is 28.7. The molecule has 4 rings (SSSR count). The number of rotatable bonds is 8. The van der Waals surface area contributed by atoms with Gasteiger partial charge in [-0.3, -0.25) is 0 Å². The minimum Gasteiger partial charge on any atom is -0.444 e. The molecule has 3 aromatic rings. The predicted octanol–water partition coefficient (Wildman–Crippen LogP) is 8.30. The van der Waals surface area contributed by atoms with Gasteiger partial charge in [-0.1, -0.05) is 70.9 Å². The number of benzene rings is 2. The Balaban J connectivity index is 1.76. The Kier molecular flexibility index (Phi) is 9.88. The van der Waals surface area contributed by atoms with Crippen molar-refractivity contribution >= 4 is 64.3 Å². The van der Waals surface area contributed by atoms with E-state index in [0.29, 0.717) is 59.5 Å². The molecule has 1 N–H and O–H groups in total. The van der Waals surface area contributed by atoms with E-state index in [0.717, 1.165) is 16.0 Å². The van der Waals surface area contributed by atoms with Crippen LogP contribution in [0.2, 0.25) is 35.7 Å². The fourth-order valence-corrected chi connectivity index (χ4v) is 6.47. The molecule has 1 unspecified atom stereocenters. The van der Waals surface area contributed by atoms with E-state index < -0.39 is 19.3 Å². The van der Waals surface area contributed by atoms with E-state index in [2.05, 4.69) is 35.6 Å². The Hall–Kier alpha value is -1.62. The number of imidazole rings is 1. The van der Waals surface area contributed by atoms with E-state index in [1.807, 2.05) is 49.6 Å². The number of aliphatic hydroxyl groups is 1. The molecule has 7 nitrogen and oxygen atoms in total. The molecule has 0 radical (unpaired) electrons. The second-order valence-electron chi connectivity index (χ2n) is 13.0. The van der Waals surface area contributed by atoms with Crippen LogP contribution in [0.25, 0.3) is 11.0 Å². The first-order valence-corrected chi connectivity index (χ1v) is 19.2.